The number of benzene rings is 3. The summed E-state index contributed by atoms with van der Waals surface area (Å²) in [7, 11) is 0. The summed E-state index contributed by atoms with van der Waals surface area (Å²) in [5, 5.41) is 15.6. The normalized spacial score (nSPS) is 10.4. The Kier molecular flexibility index (Phi) is 9.22. The summed E-state index contributed by atoms with van der Waals surface area (Å²) < 4.78 is 11.5. The minimum absolute atomic E-state index is 0.267. The first-order valence-corrected chi connectivity index (χ1v) is 11.1. The number of ether oxygens (including phenoxy) is 2. The van der Waals surface area contributed by atoms with Crippen LogP contribution in [0.15, 0.2) is 71.8 Å². The number of nitriles is 1. The molecule has 9 heteroatoms. The van der Waals surface area contributed by atoms with E-state index in [2.05, 4.69) is 15.8 Å². The SMILES string of the molecule is CCOc1cc(/C=N/NC(=O)C(=O)Nc2ccc(CC#N)cc2)ccc1OCc1cccc(Cl)c1. The van der Waals surface area contributed by atoms with Crippen molar-refractivity contribution >= 4 is 35.3 Å². The monoisotopic (exact) mass is 490 g/mol. The van der Waals surface area contributed by atoms with Gasteiger partial charge in [-0.25, -0.2) is 5.43 Å². The van der Waals surface area contributed by atoms with Gasteiger partial charge in [-0.05, 0) is 66.1 Å². The van der Waals surface area contributed by atoms with Crippen LogP contribution in [0.4, 0.5) is 5.69 Å². The fourth-order valence-corrected chi connectivity index (χ4v) is 3.19. The molecule has 0 heterocycles. The molecule has 0 bridgehead atoms. The van der Waals surface area contributed by atoms with Crippen molar-refractivity contribution in [3.8, 4) is 17.6 Å². The van der Waals surface area contributed by atoms with Crippen LogP contribution in [-0.4, -0.2) is 24.6 Å². The van der Waals surface area contributed by atoms with Crippen LogP contribution in [0.2, 0.25) is 5.02 Å². The Balaban J connectivity index is 1.57. The summed E-state index contributed by atoms with van der Waals surface area (Å²) in [6.45, 7) is 2.61. The second-order valence-electron chi connectivity index (χ2n) is 7.24. The highest BCUT2D eigenvalue weighted by atomic mass is 35.5. The minimum Gasteiger partial charge on any atom is -0.490 e. The first-order valence-electron chi connectivity index (χ1n) is 10.7. The van der Waals surface area contributed by atoms with Crippen LogP contribution in [0.1, 0.15) is 23.6 Å². The average molecular weight is 491 g/mol. The summed E-state index contributed by atoms with van der Waals surface area (Å²) >= 11 is 6.02. The lowest BCUT2D eigenvalue weighted by atomic mass is 10.1. The number of carbonyl (C=O) groups excluding carboxylic acids is 2. The van der Waals surface area contributed by atoms with E-state index in [1.165, 1.54) is 6.21 Å². The van der Waals surface area contributed by atoms with E-state index in [9.17, 15) is 9.59 Å². The largest absolute Gasteiger partial charge is 0.490 e. The minimum atomic E-state index is -0.922. The second kappa shape index (κ2) is 12.8. The van der Waals surface area contributed by atoms with Crippen molar-refractivity contribution in [1.82, 2.24) is 5.43 Å². The average Bonchev–Trinajstić information content (AvgIpc) is 2.85. The lowest BCUT2D eigenvalue weighted by Crippen LogP contribution is -2.32. The van der Waals surface area contributed by atoms with Crippen molar-refractivity contribution in [3.63, 3.8) is 0 Å². The molecule has 3 rings (SSSR count). The molecular weight excluding hydrogens is 468 g/mol. The molecule has 178 valence electrons. The van der Waals surface area contributed by atoms with Gasteiger partial charge in [0, 0.05) is 10.7 Å². The third-order valence-corrected chi connectivity index (χ3v) is 4.87. The Labute approximate surface area is 208 Å². The predicted octanol–water partition coefficient (Wildman–Crippen LogP) is 4.47. The van der Waals surface area contributed by atoms with Gasteiger partial charge in [0.2, 0.25) is 0 Å². The van der Waals surface area contributed by atoms with Gasteiger partial charge in [0.05, 0.1) is 25.3 Å². The highest BCUT2D eigenvalue weighted by molar-refractivity contribution is 6.39. The van der Waals surface area contributed by atoms with Gasteiger partial charge >= 0.3 is 11.8 Å². The van der Waals surface area contributed by atoms with Crippen molar-refractivity contribution < 1.29 is 19.1 Å². The zero-order valence-corrected chi connectivity index (χ0v) is 19.7. The van der Waals surface area contributed by atoms with Gasteiger partial charge in [-0.3, -0.25) is 9.59 Å². The molecule has 0 aliphatic carbocycles. The molecule has 3 aromatic rings. The van der Waals surface area contributed by atoms with Crippen molar-refractivity contribution in [2.45, 2.75) is 20.0 Å². The number of nitrogens with zero attached hydrogens (tertiary/aromatic N) is 2. The molecule has 8 nitrogen and oxygen atoms in total. The van der Waals surface area contributed by atoms with Crippen molar-refractivity contribution in [1.29, 1.82) is 5.26 Å². The zero-order chi connectivity index (χ0) is 25.0. The zero-order valence-electron chi connectivity index (χ0n) is 19.0. The van der Waals surface area contributed by atoms with E-state index < -0.39 is 11.8 Å². The Morgan fingerprint density at radius 1 is 1.00 bits per heavy atom. The molecule has 0 saturated heterocycles. The quantitative estimate of drug-likeness (QED) is 0.261. The van der Waals surface area contributed by atoms with Crippen LogP contribution in [0.25, 0.3) is 0 Å². The summed E-state index contributed by atoms with van der Waals surface area (Å²) in [5.74, 6) is -0.723. The molecule has 0 spiro atoms. The molecular formula is C26H23ClN4O4. The van der Waals surface area contributed by atoms with Crippen molar-refractivity contribution in [2.75, 3.05) is 11.9 Å². The molecule has 2 N–H and O–H groups in total. The molecule has 35 heavy (non-hydrogen) atoms. The summed E-state index contributed by atoms with van der Waals surface area (Å²) in [5.41, 5.74) is 5.00. The predicted molar refractivity (Wildman–Crippen MR) is 134 cm³/mol. The van der Waals surface area contributed by atoms with E-state index >= 15 is 0 Å². The van der Waals surface area contributed by atoms with Gasteiger partial charge in [-0.15, -0.1) is 0 Å². The van der Waals surface area contributed by atoms with Gasteiger partial charge in [-0.2, -0.15) is 10.4 Å². The van der Waals surface area contributed by atoms with Crippen LogP contribution < -0.4 is 20.2 Å². The summed E-state index contributed by atoms with van der Waals surface area (Å²) in [4.78, 5) is 24.1. The highest BCUT2D eigenvalue weighted by Crippen LogP contribution is 2.29. The number of amides is 2. The first-order chi connectivity index (χ1) is 17.0. The van der Waals surface area contributed by atoms with E-state index in [0.29, 0.717) is 41.0 Å². The van der Waals surface area contributed by atoms with E-state index in [1.54, 1.807) is 48.5 Å². The fourth-order valence-electron chi connectivity index (χ4n) is 2.98. The van der Waals surface area contributed by atoms with E-state index in [0.717, 1.165) is 11.1 Å². The van der Waals surface area contributed by atoms with E-state index in [4.69, 9.17) is 26.3 Å². The van der Waals surface area contributed by atoms with Crippen LogP contribution in [0.3, 0.4) is 0 Å². The maximum absolute atomic E-state index is 12.1. The highest BCUT2D eigenvalue weighted by Gasteiger charge is 2.13. The molecule has 0 aromatic heterocycles. The number of nitrogens with one attached hydrogen (secondary N) is 2. The number of carbonyl (C=O) groups is 2. The molecule has 0 aliphatic rings. The maximum Gasteiger partial charge on any atom is 0.329 e. The van der Waals surface area contributed by atoms with Crippen LogP contribution in [-0.2, 0) is 22.6 Å². The van der Waals surface area contributed by atoms with Crippen LogP contribution in [0.5, 0.6) is 11.5 Å². The van der Waals surface area contributed by atoms with Gasteiger partial charge in [-0.1, -0.05) is 35.9 Å². The lowest BCUT2D eigenvalue weighted by Gasteiger charge is -2.12. The Hall–Kier alpha value is -4.35. The molecule has 0 saturated carbocycles. The molecule has 0 radical (unpaired) electrons. The lowest BCUT2D eigenvalue weighted by molar-refractivity contribution is -0.136. The number of anilines is 1. The first kappa shape index (κ1) is 25.3. The molecule has 0 atom stereocenters. The molecule has 0 aliphatic heterocycles. The van der Waals surface area contributed by atoms with Crippen molar-refractivity contribution in [3.05, 3.63) is 88.4 Å². The standard InChI is InChI=1S/C26H23ClN4O4/c1-2-34-24-15-19(8-11-23(24)35-17-20-4-3-5-21(27)14-20)16-29-31-26(33)25(32)30-22-9-6-18(7-10-22)12-13-28/h3-11,14-16H,2,12,17H2,1H3,(H,30,32)(H,31,33)/b29-16+. The van der Waals surface area contributed by atoms with E-state index in [1.807, 2.05) is 31.2 Å². The molecule has 3 aromatic carbocycles. The van der Waals surface area contributed by atoms with E-state index in [-0.39, 0.29) is 6.42 Å². The summed E-state index contributed by atoms with van der Waals surface area (Å²) in [6.07, 6.45) is 1.66. The van der Waals surface area contributed by atoms with Gasteiger partial charge in [0.15, 0.2) is 11.5 Å². The number of hydrogen-bond donors (Lipinski definition) is 2. The number of hydrazone groups is 1. The molecule has 0 unspecified atom stereocenters. The summed E-state index contributed by atoms with van der Waals surface area (Å²) in [6, 6.07) is 21.3. The third kappa shape index (κ3) is 7.88. The Morgan fingerprint density at radius 2 is 1.80 bits per heavy atom. The number of rotatable bonds is 9. The fraction of sp³-hybridized carbons (Fsp3) is 0.154. The Bertz CT molecular complexity index is 1250. The van der Waals surface area contributed by atoms with Crippen LogP contribution >= 0.6 is 11.6 Å². The van der Waals surface area contributed by atoms with Gasteiger partial charge < -0.3 is 14.8 Å². The van der Waals surface area contributed by atoms with Gasteiger partial charge in [0.25, 0.3) is 0 Å². The third-order valence-electron chi connectivity index (χ3n) is 4.63. The molecule has 0 fully saturated rings. The Morgan fingerprint density at radius 3 is 2.51 bits per heavy atom. The smallest absolute Gasteiger partial charge is 0.329 e. The number of hydrogen-bond acceptors (Lipinski definition) is 6. The number of halogens is 1. The van der Waals surface area contributed by atoms with Gasteiger partial charge in [0.1, 0.15) is 6.61 Å². The van der Waals surface area contributed by atoms with Crippen molar-refractivity contribution in [2.24, 2.45) is 5.10 Å². The second-order valence-corrected chi connectivity index (χ2v) is 7.68. The topological polar surface area (TPSA) is 113 Å². The maximum atomic E-state index is 12.1. The molecule has 2 amide bonds. The van der Waals surface area contributed by atoms with Crippen LogP contribution in [0, 0.1) is 11.3 Å².